The zero-order valence-electron chi connectivity index (χ0n) is 58.5. The molecule has 22 heteroatoms. The van der Waals surface area contributed by atoms with Crippen molar-refractivity contribution in [3.8, 4) is 24.2 Å². The normalized spacial score (nSPS) is 15.0. The van der Waals surface area contributed by atoms with E-state index in [0.29, 0.717) is 39.9 Å². The molecule has 4 aliphatic heterocycles. The first-order valence-electron chi connectivity index (χ1n) is 34.8. The van der Waals surface area contributed by atoms with E-state index in [2.05, 4.69) is 158 Å². The third-order valence-electron chi connectivity index (χ3n) is 17.5. The van der Waals surface area contributed by atoms with Crippen molar-refractivity contribution in [1.29, 1.82) is 0 Å². The van der Waals surface area contributed by atoms with Crippen LogP contribution in [0.4, 0.5) is 14.5 Å². The number of nitrogens with two attached hydrogens (primary N) is 1. The van der Waals surface area contributed by atoms with E-state index in [4.69, 9.17) is 31.4 Å². The van der Waals surface area contributed by atoms with Crippen molar-refractivity contribution in [2.45, 2.75) is 107 Å². The topological polar surface area (TPSA) is 208 Å². The number of carboxylic acids is 1. The van der Waals surface area contributed by atoms with Crippen molar-refractivity contribution in [2.75, 3.05) is 18.8 Å². The highest BCUT2D eigenvalue weighted by molar-refractivity contribution is 9.10. The summed E-state index contributed by atoms with van der Waals surface area (Å²) in [5.74, 6) is 9.73. The minimum Gasteiger partial charge on any atom is -0.478 e. The molecule has 2 amide bonds. The number of fused-ring (bicyclic) bond motifs is 4. The molecule has 107 heavy (non-hydrogen) atoms. The maximum absolute atomic E-state index is 13.4. The van der Waals surface area contributed by atoms with Crippen LogP contribution in [0.5, 0.6) is 0 Å². The number of piperidine rings is 2. The van der Waals surface area contributed by atoms with Gasteiger partial charge >= 0.3 is 5.97 Å². The SMILES string of the molecule is BrCc1ccccc1.C#Cc1cccc(F)c1.Nc1cc(Br)ccc1C(=O)O.O=C1CCCCN1.O=C1NCCCC1Cc1ccccc1.O=S(Cl)Cl.O=c1c2ccc(Br)cc2nc2n1CCCC2Cc1ccccc1.O=c1c2ccc(C#Cc3cccc(F)c3)cc2nc2n1CCCC2Cc1ccccc1. The van der Waals surface area contributed by atoms with Gasteiger partial charge in [0, 0.05) is 108 Å². The molecule has 0 bridgehead atoms. The number of hydrogen-bond donors (Lipinski definition) is 4. The number of hydrogen-bond acceptors (Lipinski definition) is 9. The van der Waals surface area contributed by atoms with Gasteiger partial charge in [-0.25, -0.2) is 27.8 Å². The van der Waals surface area contributed by atoms with E-state index in [0.717, 1.165) is 134 Å². The second kappa shape index (κ2) is 44.0. The van der Waals surface area contributed by atoms with E-state index < -0.39 is 15.2 Å². The minimum absolute atomic E-state index is 0.0161. The molecular weight excluding hydrogens is 1610 g/mol. The number of benzene rings is 9. The van der Waals surface area contributed by atoms with Crippen LogP contribution in [0.1, 0.15) is 131 Å². The molecule has 4 aliphatic rings. The van der Waals surface area contributed by atoms with Crippen LogP contribution < -0.4 is 27.5 Å². The number of nitrogens with zero attached hydrogens (tertiary/aromatic N) is 4. The first kappa shape index (κ1) is 83.3. The molecule has 2 fully saturated rings. The molecule has 2 aromatic heterocycles. The molecule has 0 spiro atoms. The van der Waals surface area contributed by atoms with Crippen LogP contribution in [0.15, 0.2) is 243 Å². The Kier molecular flexibility index (Phi) is 34.3. The molecule has 15 rings (SSSR count). The highest BCUT2D eigenvalue weighted by Crippen LogP contribution is 2.32. The average molecular weight is 1690 g/mol. The van der Waals surface area contributed by atoms with Crippen LogP contribution in [0, 0.1) is 41.7 Å². The van der Waals surface area contributed by atoms with E-state index in [9.17, 15) is 32.8 Å². The van der Waals surface area contributed by atoms with Gasteiger partial charge in [0.25, 0.3) is 11.1 Å². The number of halogens is 7. The lowest BCUT2D eigenvalue weighted by atomic mass is 9.91. The Morgan fingerprint density at radius 1 is 0.542 bits per heavy atom. The number of aromatic carboxylic acids is 1. The number of nitrogens with one attached hydrogen (secondary N) is 2. The van der Waals surface area contributed by atoms with Crippen molar-refractivity contribution in [2.24, 2.45) is 5.92 Å². The lowest BCUT2D eigenvalue weighted by Gasteiger charge is -2.26. The monoisotopic (exact) mass is 1690 g/mol. The number of anilines is 1. The second-order valence-corrected chi connectivity index (χ2v) is 30.1. The molecule has 11 aromatic rings. The van der Waals surface area contributed by atoms with Crippen molar-refractivity contribution >= 4 is 124 Å². The Morgan fingerprint density at radius 2 is 0.981 bits per heavy atom. The number of carbonyl (C=O) groups excluding carboxylic acids is 2. The summed E-state index contributed by atoms with van der Waals surface area (Å²) in [4.78, 5) is 68.0. The summed E-state index contributed by atoms with van der Waals surface area (Å²) >= 11 is 10.0. The first-order chi connectivity index (χ1) is 51.7. The molecule has 552 valence electrons. The van der Waals surface area contributed by atoms with E-state index >= 15 is 0 Å². The van der Waals surface area contributed by atoms with Gasteiger partial charge in [0.2, 0.25) is 21.0 Å². The summed E-state index contributed by atoms with van der Waals surface area (Å²) in [6.45, 7) is 3.23. The fraction of sp³-hybridized carbons (Fsp3) is 0.235. The predicted molar refractivity (Wildman–Crippen MR) is 438 cm³/mol. The standard InChI is InChI=1S/C27H21FN2O.C19H17BrN2O.C12H15NO.C8H5F.C7H6BrNO2.C7H7Br.C5H9NO.Cl2OS/c28-23-10-4-8-20(17-23)11-12-21-13-14-24-25(18-21)29-26-22(9-5-15-30(26)27(24)31)16-19-6-2-1-3-7-19;20-15-8-9-16-17(12-15)21-18-14(7-4-10-22(18)19(16)23)11-13-5-2-1-3-6-13;14-12-11(7-4-8-13-12)9-10-5-2-1-3-6-10;1-2-7-4-3-5-8(9)6-7;8-4-1-2-5(7(10)11)6(9)3-4;8-6-7-4-2-1-3-5-7;7-5-3-1-2-4-6-5;1-4(2)3/h1-4,6-8,10,13-14,17-18,22H,5,9,15-16H2;1-3,5-6,8-9,12,14H,4,7,10-11H2;1-3,5-6,11H,4,7-9H2,(H,13,14);1,3-6H;1-3H,9H2,(H,10,11);1-5H,6H2;1-4H2,(H,6,7);. The summed E-state index contributed by atoms with van der Waals surface area (Å²) in [5, 5.41) is 16.5. The lowest BCUT2D eigenvalue weighted by Crippen LogP contribution is -2.37. The number of carbonyl (C=O) groups is 3. The number of rotatable bonds is 8. The number of carboxylic acid groups (broad SMARTS) is 1. The Hall–Kier alpha value is -9.38. The Morgan fingerprint density at radius 3 is 1.41 bits per heavy atom. The van der Waals surface area contributed by atoms with E-state index in [-0.39, 0.29) is 57.7 Å². The molecule has 6 heterocycles. The van der Waals surface area contributed by atoms with Gasteiger partial charge in [-0.3, -0.25) is 28.3 Å². The van der Waals surface area contributed by atoms with E-state index in [1.165, 1.54) is 52.6 Å². The quantitative estimate of drug-likeness (QED) is 0.0490. The van der Waals surface area contributed by atoms with E-state index in [1.807, 2.05) is 100 Å². The molecule has 3 unspecified atom stereocenters. The van der Waals surface area contributed by atoms with Crippen LogP contribution in [-0.4, -0.2) is 59.3 Å². The average Bonchev–Trinajstić information content (AvgIpc) is 0.772. The zero-order valence-corrected chi connectivity index (χ0v) is 65.6. The molecule has 5 N–H and O–H groups in total. The summed E-state index contributed by atoms with van der Waals surface area (Å²) in [6, 6.07) is 69.3. The number of amides is 2. The third-order valence-corrected chi connectivity index (χ3v) is 19.1. The number of terminal acetylenes is 1. The lowest BCUT2D eigenvalue weighted by molar-refractivity contribution is -0.126. The van der Waals surface area contributed by atoms with Crippen LogP contribution in [0.3, 0.4) is 0 Å². The van der Waals surface area contributed by atoms with Crippen LogP contribution in [-0.2, 0) is 56.5 Å². The number of aromatic nitrogens is 4. The minimum atomic E-state index is -1.67. The maximum atomic E-state index is 13.4. The van der Waals surface area contributed by atoms with Crippen LogP contribution in [0.2, 0.25) is 0 Å². The van der Waals surface area contributed by atoms with Gasteiger partial charge in [-0.2, -0.15) is 0 Å². The fourth-order valence-electron chi connectivity index (χ4n) is 12.3. The molecule has 0 aliphatic carbocycles. The highest BCUT2D eigenvalue weighted by Gasteiger charge is 2.27. The zero-order chi connectivity index (χ0) is 76.5. The highest BCUT2D eigenvalue weighted by atomic mass is 79.9. The van der Waals surface area contributed by atoms with Gasteiger partial charge in [0.05, 0.1) is 27.4 Å². The summed E-state index contributed by atoms with van der Waals surface area (Å²) in [7, 11) is 7.36. The molecule has 0 saturated carbocycles. The molecule has 0 radical (unpaired) electrons. The summed E-state index contributed by atoms with van der Waals surface area (Å²) in [6.07, 6.45) is 16.9. The number of alkyl halides is 1. The molecule has 14 nitrogen and oxygen atoms in total. The van der Waals surface area contributed by atoms with Crippen molar-refractivity contribution in [3.63, 3.8) is 0 Å². The first-order valence-corrected chi connectivity index (χ1v) is 40.3. The van der Waals surface area contributed by atoms with Gasteiger partial charge in [-0.1, -0.05) is 199 Å². The molecular formula is C85H80Br3Cl2F2N7O7S. The van der Waals surface area contributed by atoms with Crippen LogP contribution in [0.25, 0.3) is 21.8 Å². The van der Waals surface area contributed by atoms with Gasteiger partial charge in [-0.05, 0) is 184 Å². The van der Waals surface area contributed by atoms with Gasteiger partial charge in [-0.15, -0.1) is 6.42 Å². The Balaban J connectivity index is 0.000000167. The predicted octanol–water partition coefficient (Wildman–Crippen LogP) is 18.5. The summed E-state index contributed by atoms with van der Waals surface area (Å²) in [5.41, 5.74) is 14.5. The smallest absolute Gasteiger partial charge is 0.337 e. The van der Waals surface area contributed by atoms with Crippen molar-refractivity contribution in [3.05, 3.63) is 322 Å². The molecule has 9 aromatic carbocycles. The van der Waals surface area contributed by atoms with Gasteiger partial charge in [0.1, 0.15) is 23.3 Å². The largest absolute Gasteiger partial charge is 0.478 e. The summed E-state index contributed by atoms with van der Waals surface area (Å²) < 4.78 is 40.2. The fourth-order valence-corrected chi connectivity index (χ4v) is 13.4. The van der Waals surface area contributed by atoms with Gasteiger partial charge < -0.3 is 21.5 Å². The van der Waals surface area contributed by atoms with E-state index in [1.54, 1.807) is 42.5 Å². The third kappa shape index (κ3) is 27.4. The van der Waals surface area contributed by atoms with Crippen molar-refractivity contribution < 1.29 is 32.5 Å². The second-order valence-electron chi connectivity index (χ2n) is 25.2. The Labute approximate surface area is 658 Å². The molecule has 2 saturated heterocycles. The van der Waals surface area contributed by atoms with Gasteiger partial charge in [0.15, 0.2) is 0 Å². The molecule has 3 atom stereocenters. The Bertz CT molecular complexity index is 5020. The van der Waals surface area contributed by atoms with Crippen molar-refractivity contribution in [1.82, 2.24) is 29.7 Å². The number of nitrogen functional groups attached to an aromatic ring is 1. The maximum Gasteiger partial charge on any atom is 0.337 e. The van der Waals surface area contributed by atoms with Crippen LogP contribution >= 0.6 is 69.2 Å².